The Balaban J connectivity index is 2.66. The van der Waals surface area contributed by atoms with Crippen LogP contribution < -0.4 is 0 Å². The van der Waals surface area contributed by atoms with E-state index in [-0.39, 0.29) is 0 Å². The zero-order valence-corrected chi connectivity index (χ0v) is 9.05. The third-order valence-electron chi connectivity index (χ3n) is 2.54. The van der Waals surface area contributed by atoms with Crippen LogP contribution in [0, 0.1) is 18.6 Å². The van der Waals surface area contributed by atoms with E-state index in [0.29, 0.717) is 23.3 Å². The number of aromatic nitrogens is 1. The van der Waals surface area contributed by atoms with Crippen LogP contribution in [0.25, 0.3) is 11.3 Å². The Morgan fingerprint density at radius 1 is 1.31 bits per heavy atom. The maximum absolute atomic E-state index is 13.5. The lowest BCUT2D eigenvalue weighted by Crippen LogP contribution is -1.96. The predicted octanol–water partition coefficient (Wildman–Crippen LogP) is 3.49. The number of rotatable bonds is 2. The number of aryl methyl sites for hydroxylation is 1. The minimum Gasteiger partial charge on any atom is -0.356 e. The summed E-state index contributed by atoms with van der Waals surface area (Å²) >= 11 is 0. The maximum Gasteiger partial charge on any atom is 0.170 e. The lowest BCUT2D eigenvalue weighted by Gasteiger charge is -2.07. The molecule has 0 radical (unpaired) electrons. The summed E-state index contributed by atoms with van der Waals surface area (Å²) in [6.45, 7) is 3.58. The summed E-state index contributed by atoms with van der Waals surface area (Å²) in [7, 11) is 0. The van der Waals surface area contributed by atoms with Crippen molar-refractivity contribution in [3.8, 4) is 11.3 Å². The number of hydrogen-bond donors (Lipinski definition) is 0. The molecule has 16 heavy (non-hydrogen) atoms. The van der Waals surface area contributed by atoms with Crippen molar-refractivity contribution in [2.75, 3.05) is 0 Å². The van der Waals surface area contributed by atoms with Crippen molar-refractivity contribution in [2.24, 2.45) is 0 Å². The van der Waals surface area contributed by atoms with Gasteiger partial charge in [0.15, 0.2) is 17.4 Å². The molecule has 0 fully saturated rings. The van der Waals surface area contributed by atoms with Crippen LogP contribution in [0.15, 0.2) is 22.9 Å². The lowest BCUT2D eigenvalue weighted by atomic mass is 10.0. The minimum absolute atomic E-state index is 0.319. The maximum atomic E-state index is 13.5. The zero-order chi connectivity index (χ0) is 11.7. The smallest absolute Gasteiger partial charge is 0.170 e. The summed E-state index contributed by atoms with van der Waals surface area (Å²) in [5.41, 5.74) is 1.69. The van der Waals surface area contributed by atoms with E-state index >= 15 is 0 Å². The molecule has 1 aromatic carbocycles. The SMILES string of the molecule is CCc1c(-c2oncc2C)ccc(F)c1F. The van der Waals surface area contributed by atoms with Gasteiger partial charge < -0.3 is 4.52 Å². The van der Waals surface area contributed by atoms with Gasteiger partial charge in [-0.25, -0.2) is 8.78 Å². The van der Waals surface area contributed by atoms with Gasteiger partial charge in [-0.15, -0.1) is 0 Å². The molecule has 0 N–H and O–H groups in total. The van der Waals surface area contributed by atoms with Gasteiger partial charge >= 0.3 is 0 Å². The molecule has 0 saturated carbocycles. The van der Waals surface area contributed by atoms with Crippen molar-refractivity contribution in [3.63, 3.8) is 0 Å². The van der Waals surface area contributed by atoms with Crippen molar-refractivity contribution in [1.82, 2.24) is 5.16 Å². The Hall–Kier alpha value is -1.71. The normalized spacial score (nSPS) is 10.8. The molecule has 0 aliphatic heterocycles. The van der Waals surface area contributed by atoms with Crippen LogP contribution in [0.3, 0.4) is 0 Å². The van der Waals surface area contributed by atoms with Crippen LogP contribution in [0.5, 0.6) is 0 Å². The number of halogens is 2. The van der Waals surface area contributed by atoms with Gasteiger partial charge in [-0.3, -0.25) is 0 Å². The highest BCUT2D eigenvalue weighted by molar-refractivity contribution is 5.65. The molecule has 0 aliphatic rings. The highest BCUT2D eigenvalue weighted by Gasteiger charge is 2.17. The van der Waals surface area contributed by atoms with E-state index < -0.39 is 11.6 Å². The van der Waals surface area contributed by atoms with Crippen molar-refractivity contribution in [2.45, 2.75) is 20.3 Å². The quantitative estimate of drug-likeness (QED) is 0.778. The van der Waals surface area contributed by atoms with E-state index in [1.807, 2.05) is 6.92 Å². The zero-order valence-electron chi connectivity index (χ0n) is 9.05. The fraction of sp³-hybridized carbons (Fsp3) is 0.250. The first kappa shape index (κ1) is 10.8. The Morgan fingerprint density at radius 3 is 2.62 bits per heavy atom. The highest BCUT2D eigenvalue weighted by Crippen LogP contribution is 2.29. The second-order valence-corrected chi connectivity index (χ2v) is 3.58. The van der Waals surface area contributed by atoms with Gasteiger partial charge in [-0.2, -0.15) is 0 Å². The molecule has 2 nitrogen and oxygen atoms in total. The van der Waals surface area contributed by atoms with Gasteiger partial charge in [-0.1, -0.05) is 12.1 Å². The van der Waals surface area contributed by atoms with Crippen LogP contribution in [-0.2, 0) is 6.42 Å². The number of benzene rings is 1. The number of nitrogens with zero attached hydrogens (tertiary/aromatic N) is 1. The molecule has 1 heterocycles. The van der Waals surface area contributed by atoms with Gasteiger partial charge in [0.1, 0.15) is 0 Å². The van der Waals surface area contributed by atoms with E-state index in [1.165, 1.54) is 6.07 Å². The third-order valence-corrected chi connectivity index (χ3v) is 2.54. The molecule has 0 atom stereocenters. The predicted molar refractivity (Wildman–Crippen MR) is 56.0 cm³/mol. The Bertz CT molecular complexity index is 520. The molecule has 2 aromatic rings. The van der Waals surface area contributed by atoms with Gasteiger partial charge in [0.25, 0.3) is 0 Å². The summed E-state index contributed by atoms with van der Waals surface area (Å²) in [5, 5.41) is 3.63. The van der Waals surface area contributed by atoms with Crippen molar-refractivity contribution >= 4 is 0 Å². The van der Waals surface area contributed by atoms with E-state index in [2.05, 4.69) is 5.16 Å². The first-order valence-corrected chi connectivity index (χ1v) is 5.03. The summed E-state index contributed by atoms with van der Waals surface area (Å²) in [4.78, 5) is 0. The Morgan fingerprint density at radius 2 is 2.06 bits per heavy atom. The van der Waals surface area contributed by atoms with Crippen LogP contribution in [0.1, 0.15) is 18.1 Å². The van der Waals surface area contributed by atoms with E-state index in [0.717, 1.165) is 11.6 Å². The molecule has 0 saturated heterocycles. The molecule has 0 unspecified atom stereocenters. The van der Waals surface area contributed by atoms with Gasteiger partial charge in [0, 0.05) is 16.7 Å². The topological polar surface area (TPSA) is 26.0 Å². The Labute approximate surface area is 91.9 Å². The number of hydrogen-bond acceptors (Lipinski definition) is 2. The first-order chi connectivity index (χ1) is 7.65. The second-order valence-electron chi connectivity index (χ2n) is 3.58. The summed E-state index contributed by atoms with van der Waals surface area (Å²) in [6.07, 6.45) is 1.95. The molecular formula is C12H11F2NO. The average Bonchev–Trinajstić information content (AvgIpc) is 2.68. The molecule has 0 aliphatic carbocycles. The van der Waals surface area contributed by atoms with E-state index in [4.69, 9.17) is 4.52 Å². The largest absolute Gasteiger partial charge is 0.356 e. The van der Waals surface area contributed by atoms with Crippen molar-refractivity contribution in [3.05, 3.63) is 41.1 Å². The Kier molecular flexibility index (Phi) is 2.73. The van der Waals surface area contributed by atoms with Crippen LogP contribution >= 0.6 is 0 Å². The molecule has 4 heteroatoms. The molecule has 2 rings (SSSR count). The molecule has 0 amide bonds. The van der Waals surface area contributed by atoms with Crippen molar-refractivity contribution in [1.29, 1.82) is 0 Å². The van der Waals surface area contributed by atoms with Gasteiger partial charge in [0.2, 0.25) is 0 Å². The summed E-state index contributed by atoms with van der Waals surface area (Å²) in [5.74, 6) is -1.15. The lowest BCUT2D eigenvalue weighted by molar-refractivity contribution is 0.430. The van der Waals surface area contributed by atoms with Crippen LogP contribution in [-0.4, -0.2) is 5.16 Å². The minimum atomic E-state index is -0.835. The first-order valence-electron chi connectivity index (χ1n) is 5.03. The third kappa shape index (κ3) is 1.60. The van der Waals surface area contributed by atoms with Crippen molar-refractivity contribution < 1.29 is 13.3 Å². The monoisotopic (exact) mass is 223 g/mol. The standard InChI is InChI=1S/C12H11F2NO/c1-3-8-9(4-5-10(13)11(8)14)12-7(2)6-15-16-12/h4-6H,3H2,1-2H3. The molecule has 84 valence electrons. The summed E-state index contributed by atoms with van der Waals surface area (Å²) < 4.78 is 31.7. The van der Waals surface area contributed by atoms with Crippen LogP contribution in [0.2, 0.25) is 0 Å². The van der Waals surface area contributed by atoms with Gasteiger partial charge in [0.05, 0.1) is 6.20 Å². The highest BCUT2D eigenvalue weighted by atomic mass is 19.2. The molecule has 1 aromatic heterocycles. The van der Waals surface area contributed by atoms with E-state index in [9.17, 15) is 8.78 Å². The molecule has 0 spiro atoms. The van der Waals surface area contributed by atoms with Crippen LogP contribution in [0.4, 0.5) is 8.78 Å². The summed E-state index contributed by atoms with van der Waals surface area (Å²) in [6, 6.07) is 2.62. The second kappa shape index (κ2) is 4.04. The average molecular weight is 223 g/mol. The fourth-order valence-corrected chi connectivity index (χ4v) is 1.70. The van der Waals surface area contributed by atoms with E-state index in [1.54, 1.807) is 13.1 Å². The molecule has 0 bridgehead atoms. The fourth-order valence-electron chi connectivity index (χ4n) is 1.70. The van der Waals surface area contributed by atoms with Gasteiger partial charge in [-0.05, 0) is 25.5 Å². The molecular weight excluding hydrogens is 212 g/mol.